The molecule has 3 N–H and O–H groups in total. The number of hydrogen-bond donors (Lipinski definition) is 2. The van der Waals surface area contributed by atoms with Gasteiger partial charge in [0.05, 0.1) is 27.7 Å². The largest absolute Gasteiger partial charge is 0.486 e. The minimum absolute atomic E-state index is 0.0907. The highest BCUT2D eigenvalue weighted by molar-refractivity contribution is 9.10. The fourth-order valence-electron chi connectivity index (χ4n) is 2.29. The van der Waals surface area contributed by atoms with Crippen molar-refractivity contribution in [2.45, 2.75) is 27.4 Å². The quantitative estimate of drug-likeness (QED) is 0.576. The van der Waals surface area contributed by atoms with Crippen LogP contribution >= 0.6 is 15.9 Å². The lowest BCUT2D eigenvalue weighted by Crippen LogP contribution is -2.38. The maximum atomic E-state index is 6.25. The van der Waals surface area contributed by atoms with Crippen molar-refractivity contribution in [3.8, 4) is 5.75 Å². The number of hydrazine groups is 1. The van der Waals surface area contributed by atoms with Gasteiger partial charge in [-0.1, -0.05) is 20.8 Å². The Balaban J connectivity index is 2.20. The van der Waals surface area contributed by atoms with Gasteiger partial charge >= 0.3 is 0 Å². The number of nitrogens with zero attached hydrogens (tertiary/aromatic N) is 3. The fraction of sp³-hybridized carbons (Fsp3) is 0.412. The van der Waals surface area contributed by atoms with E-state index in [1.165, 1.54) is 0 Å². The van der Waals surface area contributed by atoms with Crippen molar-refractivity contribution < 1.29 is 4.74 Å². The van der Waals surface area contributed by atoms with Gasteiger partial charge < -0.3 is 15.1 Å². The van der Waals surface area contributed by atoms with E-state index in [9.17, 15) is 0 Å². The normalized spacial score (nSPS) is 11.2. The van der Waals surface area contributed by atoms with E-state index >= 15 is 0 Å². The molecule has 6 nitrogen and oxygen atoms in total. The number of benzene rings is 1. The Kier molecular flexibility index (Phi) is 6.01. The first-order chi connectivity index (χ1) is 11.3. The third kappa shape index (κ3) is 4.82. The summed E-state index contributed by atoms with van der Waals surface area (Å²) in [5.41, 5.74) is 2.66. The lowest BCUT2D eigenvalue weighted by Gasteiger charge is -2.29. The maximum Gasteiger partial charge on any atom is 0.136 e. The second kappa shape index (κ2) is 7.81. The summed E-state index contributed by atoms with van der Waals surface area (Å²) in [7, 11) is 1.86. The third-order valence-corrected chi connectivity index (χ3v) is 4.07. The van der Waals surface area contributed by atoms with Gasteiger partial charge in [0.15, 0.2) is 0 Å². The average Bonchev–Trinajstić information content (AvgIpc) is 2.52. The number of aromatic nitrogens is 2. The summed E-state index contributed by atoms with van der Waals surface area (Å²) < 4.78 is 6.68. The molecule has 1 aromatic carbocycles. The van der Waals surface area contributed by atoms with Gasteiger partial charge in [-0.3, -0.25) is 9.97 Å². The van der Waals surface area contributed by atoms with Gasteiger partial charge in [0, 0.05) is 26.0 Å². The predicted molar refractivity (Wildman–Crippen MR) is 101 cm³/mol. The van der Waals surface area contributed by atoms with Gasteiger partial charge in [-0.2, -0.15) is 0 Å². The lowest BCUT2D eigenvalue weighted by atomic mass is 9.96. The molecule has 0 unspecified atom stereocenters. The van der Waals surface area contributed by atoms with E-state index in [-0.39, 0.29) is 5.41 Å². The molecular weight excluding hydrogens is 370 g/mol. The Morgan fingerprint density at radius 1 is 1.29 bits per heavy atom. The van der Waals surface area contributed by atoms with E-state index in [1.54, 1.807) is 23.6 Å². The van der Waals surface area contributed by atoms with E-state index in [2.05, 4.69) is 52.0 Å². The van der Waals surface area contributed by atoms with Crippen molar-refractivity contribution in [1.29, 1.82) is 0 Å². The summed E-state index contributed by atoms with van der Waals surface area (Å²) in [4.78, 5) is 8.24. The number of nitrogens with two attached hydrogens (primary N) is 1. The summed E-state index contributed by atoms with van der Waals surface area (Å²) in [6, 6.07) is 3.85. The van der Waals surface area contributed by atoms with Crippen LogP contribution in [0.2, 0.25) is 0 Å². The summed E-state index contributed by atoms with van der Waals surface area (Å²) in [5, 5.41) is 4.95. The number of ether oxygens (including phenoxy) is 1. The molecule has 130 valence electrons. The second-order valence-corrected chi connectivity index (χ2v) is 7.49. The Morgan fingerprint density at radius 3 is 2.62 bits per heavy atom. The maximum absolute atomic E-state index is 6.25. The van der Waals surface area contributed by atoms with Crippen LogP contribution in [-0.4, -0.2) is 23.6 Å². The first kappa shape index (κ1) is 18.5. The topological polar surface area (TPSA) is 76.3 Å². The van der Waals surface area contributed by atoms with Crippen molar-refractivity contribution in [2.24, 2.45) is 11.3 Å². The van der Waals surface area contributed by atoms with Crippen LogP contribution in [0.15, 0.2) is 35.2 Å². The molecule has 0 bridgehead atoms. The molecule has 2 aromatic rings. The molecule has 24 heavy (non-hydrogen) atoms. The van der Waals surface area contributed by atoms with Gasteiger partial charge in [-0.25, -0.2) is 5.84 Å². The fourth-order valence-corrected chi connectivity index (χ4v) is 2.94. The molecule has 0 saturated heterocycles. The monoisotopic (exact) mass is 393 g/mol. The molecule has 0 aliphatic heterocycles. The standard InChI is InChI=1S/C17H24BrN5O/c1-17(2,3)11-23(19)13-5-6-14(15(18)16(13)20-4)24-10-12-9-21-7-8-22-12/h5-9,20H,10-11,19H2,1-4H3. The average molecular weight is 394 g/mol. The molecule has 1 aromatic heterocycles. The number of hydrogen-bond acceptors (Lipinski definition) is 6. The third-order valence-electron chi connectivity index (χ3n) is 3.28. The van der Waals surface area contributed by atoms with Crippen molar-refractivity contribution in [3.05, 3.63) is 40.9 Å². The number of anilines is 2. The number of halogens is 1. The zero-order chi connectivity index (χ0) is 17.7. The van der Waals surface area contributed by atoms with Crippen molar-refractivity contribution >= 4 is 27.3 Å². The smallest absolute Gasteiger partial charge is 0.136 e. The summed E-state index contributed by atoms with van der Waals surface area (Å²) >= 11 is 3.61. The van der Waals surface area contributed by atoms with Gasteiger partial charge in [-0.05, 0) is 33.5 Å². The van der Waals surface area contributed by atoms with Crippen LogP contribution in [0.4, 0.5) is 11.4 Å². The lowest BCUT2D eigenvalue weighted by molar-refractivity contribution is 0.299. The number of nitrogens with one attached hydrogen (secondary N) is 1. The van der Waals surface area contributed by atoms with Crippen molar-refractivity contribution in [3.63, 3.8) is 0 Å². The van der Waals surface area contributed by atoms with Gasteiger partial charge in [0.2, 0.25) is 0 Å². The molecule has 7 heteroatoms. The van der Waals surface area contributed by atoms with E-state index < -0.39 is 0 Å². The highest BCUT2D eigenvalue weighted by Crippen LogP contribution is 2.40. The molecule has 1 heterocycles. The highest BCUT2D eigenvalue weighted by atomic mass is 79.9. The second-order valence-electron chi connectivity index (χ2n) is 6.70. The Hall–Kier alpha value is -1.86. The Morgan fingerprint density at radius 2 is 2.04 bits per heavy atom. The molecule has 0 fully saturated rings. The van der Waals surface area contributed by atoms with Crippen LogP contribution in [0, 0.1) is 5.41 Å². The molecule has 0 spiro atoms. The summed E-state index contributed by atoms with van der Waals surface area (Å²) in [6.07, 6.45) is 4.97. The molecule has 0 aliphatic rings. The molecule has 0 radical (unpaired) electrons. The minimum Gasteiger partial charge on any atom is -0.486 e. The van der Waals surface area contributed by atoms with Crippen LogP contribution in [0.1, 0.15) is 26.5 Å². The van der Waals surface area contributed by atoms with E-state index in [0.29, 0.717) is 6.61 Å². The zero-order valence-corrected chi connectivity index (χ0v) is 16.1. The zero-order valence-electron chi connectivity index (χ0n) is 14.5. The van der Waals surface area contributed by atoms with Crippen molar-refractivity contribution in [2.75, 3.05) is 23.9 Å². The SMILES string of the molecule is CNc1c(N(N)CC(C)(C)C)ccc(OCc2cnccn2)c1Br. The minimum atomic E-state index is 0.0907. The van der Waals surface area contributed by atoms with E-state index in [4.69, 9.17) is 10.6 Å². The predicted octanol–water partition coefficient (Wildman–Crippen LogP) is 3.59. The summed E-state index contributed by atoms with van der Waals surface area (Å²) in [5.74, 6) is 6.98. The Labute approximate surface area is 151 Å². The molecule has 0 amide bonds. The van der Waals surface area contributed by atoms with Crippen LogP contribution < -0.4 is 20.9 Å². The first-order valence-electron chi connectivity index (χ1n) is 7.72. The van der Waals surface area contributed by atoms with Gasteiger partial charge in [0.1, 0.15) is 12.4 Å². The first-order valence-corrected chi connectivity index (χ1v) is 8.51. The van der Waals surface area contributed by atoms with Crippen LogP contribution in [0.3, 0.4) is 0 Å². The van der Waals surface area contributed by atoms with E-state index in [1.807, 2.05) is 19.2 Å². The molecule has 2 rings (SSSR count). The van der Waals surface area contributed by atoms with Gasteiger partial charge in [0.25, 0.3) is 0 Å². The highest BCUT2D eigenvalue weighted by Gasteiger charge is 2.19. The molecular formula is C17H24BrN5O. The van der Waals surface area contributed by atoms with Crippen molar-refractivity contribution in [1.82, 2.24) is 9.97 Å². The van der Waals surface area contributed by atoms with E-state index in [0.717, 1.165) is 33.8 Å². The molecule has 0 atom stereocenters. The summed E-state index contributed by atoms with van der Waals surface area (Å²) in [6.45, 7) is 7.54. The van der Waals surface area contributed by atoms with Crippen LogP contribution in [-0.2, 0) is 6.61 Å². The van der Waals surface area contributed by atoms with Gasteiger partial charge in [-0.15, -0.1) is 0 Å². The molecule has 0 saturated carbocycles. The molecule has 0 aliphatic carbocycles. The number of rotatable bonds is 6. The van der Waals surface area contributed by atoms with Crippen LogP contribution in [0.5, 0.6) is 5.75 Å². The van der Waals surface area contributed by atoms with Crippen LogP contribution in [0.25, 0.3) is 0 Å². The Bertz CT molecular complexity index is 673.